The summed E-state index contributed by atoms with van der Waals surface area (Å²) in [5.41, 5.74) is 2.07. The number of aromatic nitrogens is 2. The molecule has 1 aromatic heterocycles. The number of carbonyl (C=O) groups is 2. The third-order valence-corrected chi connectivity index (χ3v) is 3.67. The summed E-state index contributed by atoms with van der Waals surface area (Å²) in [5, 5.41) is 7.00. The zero-order valence-corrected chi connectivity index (χ0v) is 12.8. The summed E-state index contributed by atoms with van der Waals surface area (Å²) in [6.07, 6.45) is 0. The Kier molecular flexibility index (Phi) is 4.95. The maximum Gasteiger partial charge on any atom is 0.255 e. The van der Waals surface area contributed by atoms with Crippen LogP contribution < -0.4 is 5.32 Å². The number of hydrogen-bond donors (Lipinski definition) is 1. The maximum absolute atomic E-state index is 12.2. The fourth-order valence-electron chi connectivity index (χ4n) is 2.50. The summed E-state index contributed by atoms with van der Waals surface area (Å²) >= 11 is 0. The highest BCUT2D eigenvalue weighted by atomic mass is 16.5. The second kappa shape index (κ2) is 6.71. The number of amides is 2. The van der Waals surface area contributed by atoms with E-state index in [4.69, 9.17) is 4.74 Å². The predicted molar refractivity (Wildman–Crippen MR) is 77.1 cm³/mol. The van der Waals surface area contributed by atoms with E-state index >= 15 is 0 Å². The molecule has 0 aliphatic carbocycles. The van der Waals surface area contributed by atoms with E-state index in [2.05, 4.69) is 10.4 Å². The molecule has 1 saturated heterocycles. The number of nitrogens with one attached hydrogen (secondary N) is 1. The lowest BCUT2D eigenvalue weighted by Gasteiger charge is -2.26. The maximum atomic E-state index is 12.2. The Morgan fingerprint density at radius 3 is 2.52 bits per heavy atom. The normalized spacial score (nSPS) is 15.1. The lowest BCUT2D eigenvalue weighted by Crippen LogP contribution is -2.45. The van der Waals surface area contributed by atoms with Gasteiger partial charge in [0, 0.05) is 25.3 Å². The van der Waals surface area contributed by atoms with Gasteiger partial charge >= 0.3 is 0 Å². The van der Waals surface area contributed by atoms with Gasteiger partial charge in [-0.1, -0.05) is 0 Å². The third kappa shape index (κ3) is 3.41. The van der Waals surface area contributed by atoms with Crippen molar-refractivity contribution in [3.8, 4) is 0 Å². The van der Waals surface area contributed by atoms with Gasteiger partial charge in [-0.05, 0) is 20.8 Å². The average Bonchev–Trinajstić information content (AvgIpc) is 2.79. The molecule has 2 heterocycles. The van der Waals surface area contributed by atoms with Crippen molar-refractivity contribution in [2.75, 3.05) is 32.8 Å². The molecule has 0 bridgehead atoms. The molecule has 0 unspecified atom stereocenters. The highest BCUT2D eigenvalue weighted by Crippen LogP contribution is 2.12. The van der Waals surface area contributed by atoms with E-state index < -0.39 is 0 Å². The largest absolute Gasteiger partial charge is 0.378 e. The summed E-state index contributed by atoms with van der Waals surface area (Å²) in [5.74, 6) is -0.323. The van der Waals surface area contributed by atoms with Crippen LogP contribution in [0.1, 0.15) is 28.7 Å². The van der Waals surface area contributed by atoms with Gasteiger partial charge in [0.2, 0.25) is 5.91 Å². The average molecular weight is 294 g/mol. The number of rotatable bonds is 4. The van der Waals surface area contributed by atoms with E-state index in [-0.39, 0.29) is 18.4 Å². The molecule has 1 aliphatic rings. The van der Waals surface area contributed by atoms with Gasteiger partial charge < -0.3 is 15.0 Å². The van der Waals surface area contributed by atoms with Crippen LogP contribution in [0.3, 0.4) is 0 Å². The van der Waals surface area contributed by atoms with Gasteiger partial charge in [0.15, 0.2) is 0 Å². The molecule has 1 N–H and O–H groups in total. The highest BCUT2D eigenvalue weighted by molar-refractivity contribution is 5.98. The van der Waals surface area contributed by atoms with Crippen LogP contribution in [0.25, 0.3) is 0 Å². The fraction of sp³-hybridized carbons (Fsp3) is 0.643. The zero-order chi connectivity index (χ0) is 15.4. The Bertz CT molecular complexity index is 533. The van der Waals surface area contributed by atoms with Gasteiger partial charge in [-0.15, -0.1) is 0 Å². The van der Waals surface area contributed by atoms with Gasteiger partial charge in [-0.3, -0.25) is 14.3 Å². The van der Waals surface area contributed by atoms with Crippen molar-refractivity contribution in [3.05, 3.63) is 17.0 Å². The smallest absolute Gasteiger partial charge is 0.255 e. The van der Waals surface area contributed by atoms with Crippen molar-refractivity contribution in [1.82, 2.24) is 20.0 Å². The number of hydrogen-bond acceptors (Lipinski definition) is 4. The Morgan fingerprint density at radius 1 is 1.29 bits per heavy atom. The van der Waals surface area contributed by atoms with Gasteiger partial charge in [-0.2, -0.15) is 5.10 Å². The summed E-state index contributed by atoms with van der Waals surface area (Å²) in [7, 11) is 0. The molecule has 116 valence electrons. The van der Waals surface area contributed by atoms with Crippen LogP contribution in [0, 0.1) is 13.8 Å². The number of morpholine rings is 1. The third-order valence-electron chi connectivity index (χ3n) is 3.67. The summed E-state index contributed by atoms with van der Waals surface area (Å²) in [6.45, 7) is 8.65. The van der Waals surface area contributed by atoms with Crippen molar-refractivity contribution in [2.24, 2.45) is 0 Å². The number of carbonyl (C=O) groups excluding carboxylic acids is 2. The van der Waals surface area contributed by atoms with Crippen molar-refractivity contribution in [1.29, 1.82) is 0 Å². The Hall–Kier alpha value is -1.89. The molecule has 0 saturated carbocycles. The van der Waals surface area contributed by atoms with Gasteiger partial charge in [0.1, 0.15) is 0 Å². The quantitative estimate of drug-likeness (QED) is 0.855. The molecular weight excluding hydrogens is 272 g/mol. The minimum atomic E-state index is -0.244. The first-order chi connectivity index (χ1) is 10.0. The van der Waals surface area contributed by atoms with Crippen molar-refractivity contribution in [2.45, 2.75) is 27.3 Å². The van der Waals surface area contributed by atoms with E-state index in [1.54, 1.807) is 16.5 Å². The minimum absolute atomic E-state index is 0.00895. The zero-order valence-electron chi connectivity index (χ0n) is 12.8. The molecule has 7 heteroatoms. The van der Waals surface area contributed by atoms with Crippen molar-refractivity contribution < 1.29 is 14.3 Å². The molecule has 1 fully saturated rings. The van der Waals surface area contributed by atoms with E-state index in [0.29, 0.717) is 44.1 Å². The van der Waals surface area contributed by atoms with Crippen LogP contribution in [0.15, 0.2) is 0 Å². The topological polar surface area (TPSA) is 76.5 Å². The van der Waals surface area contributed by atoms with Gasteiger partial charge in [0.05, 0.1) is 31.0 Å². The first-order valence-corrected chi connectivity index (χ1v) is 7.22. The first-order valence-electron chi connectivity index (χ1n) is 7.22. The summed E-state index contributed by atoms with van der Waals surface area (Å²) in [6, 6.07) is 0. The molecule has 1 aliphatic heterocycles. The number of ether oxygens (including phenoxy) is 1. The highest BCUT2D eigenvalue weighted by Gasteiger charge is 2.21. The number of aryl methyl sites for hydroxylation is 2. The standard InChI is InChI=1S/C14H22N4O3/c1-4-18-11(3)13(10(2)16-18)14(20)15-9-12(19)17-5-7-21-8-6-17/h4-9H2,1-3H3,(H,15,20). The van der Waals surface area contributed by atoms with Gasteiger partial charge in [0.25, 0.3) is 5.91 Å². The lowest BCUT2D eigenvalue weighted by atomic mass is 10.2. The molecule has 2 amide bonds. The van der Waals surface area contributed by atoms with E-state index in [9.17, 15) is 9.59 Å². The molecule has 21 heavy (non-hydrogen) atoms. The Morgan fingerprint density at radius 2 is 1.95 bits per heavy atom. The van der Waals surface area contributed by atoms with E-state index in [1.165, 1.54) is 0 Å². The Balaban J connectivity index is 1.95. The van der Waals surface area contributed by atoms with Crippen LogP contribution in [-0.4, -0.2) is 59.3 Å². The summed E-state index contributed by atoms with van der Waals surface area (Å²) < 4.78 is 6.98. The minimum Gasteiger partial charge on any atom is -0.378 e. The van der Waals surface area contributed by atoms with Crippen LogP contribution in [-0.2, 0) is 16.1 Å². The molecular formula is C14H22N4O3. The first kappa shape index (κ1) is 15.5. The van der Waals surface area contributed by atoms with Crippen LogP contribution in [0.4, 0.5) is 0 Å². The molecule has 0 aromatic carbocycles. The van der Waals surface area contributed by atoms with E-state index in [1.807, 2.05) is 13.8 Å². The second-order valence-electron chi connectivity index (χ2n) is 5.04. The van der Waals surface area contributed by atoms with Crippen LogP contribution in [0.5, 0.6) is 0 Å². The molecule has 0 spiro atoms. The molecule has 2 rings (SSSR count). The monoisotopic (exact) mass is 294 g/mol. The van der Waals surface area contributed by atoms with E-state index in [0.717, 1.165) is 5.69 Å². The molecule has 1 aromatic rings. The van der Waals surface area contributed by atoms with Crippen LogP contribution >= 0.6 is 0 Å². The fourth-order valence-corrected chi connectivity index (χ4v) is 2.50. The molecule has 0 radical (unpaired) electrons. The number of nitrogens with zero attached hydrogens (tertiary/aromatic N) is 3. The predicted octanol–water partition coefficient (Wildman–Crippen LogP) is 0.108. The van der Waals surface area contributed by atoms with Crippen LogP contribution in [0.2, 0.25) is 0 Å². The van der Waals surface area contributed by atoms with Crippen molar-refractivity contribution in [3.63, 3.8) is 0 Å². The lowest BCUT2D eigenvalue weighted by molar-refractivity contribution is -0.134. The molecule has 0 atom stereocenters. The van der Waals surface area contributed by atoms with Gasteiger partial charge in [-0.25, -0.2) is 0 Å². The molecule has 7 nitrogen and oxygen atoms in total. The second-order valence-corrected chi connectivity index (χ2v) is 5.04. The summed E-state index contributed by atoms with van der Waals surface area (Å²) in [4.78, 5) is 26.0. The Labute approximate surface area is 124 Å². The van der Waals surface area contributed by atoms with Crippen molar-refractivity contribution >= 4 is 11.8 Å². The SMILES string of the molecule is CCn1nc(C)c(C(=O)NCC(=O)N2CCOCC2)c1C.